The Morgan fingerprint density at radius 3 is 3.11 bits per heavy atom. The van der Waals surface area contributed by atoms with Crippen LogP contribution in [0.15, 0.2) is 6.20 Å². The molecule has 2 aromatic heterocycles. The summed E-state index contributed by atoms with van der Waals surface area (Å²) in [7, 11) is 0. The molecule has 5 nitrogen and oxygen atoms in total. The van der Waals surface area contributed by atoms with Crippen molar-refractivity contribution in [1.82, 2.24) is 9.97 Å². The van der Waals surface area contributed by atoms with Gasteiger partial charge in [0.2, 0.25) is 0 Å². The molecule has 0 aliphatic heterocycles. The predicted molar refractivity (Wildman–Crippen MR) is 76.9 cm³/mol. The van der Waals surface area contributed by atoms with Crippen LogP contribution in [0.3, 0.4) is 0 Å². The first-order valence-corrected chi connectivity index (χ1v) is 7.73. The lowest BCUT2D eigenvalue weighted by atomic mass is 9.99. The normalized spacial score (nSPS) is 18.1. The summed E-state index contributed by atoms with van der Waals surface area (Å²) in [6, 6.07) is 0.223. The Balaban J connectivity index is 1.75. The summed E-state index contributed by atoms with van der Waals surface area (Å²) in [4.78, 5) is 22.4. The van der Waals surface area contributed by atoms with Gasteiger partial charge in [0.05, 0.1) is 16.9 Å². The number of thiazole rings is 2. The van der Waals surface area contributed by atoms with E-state index >= 15 is 0 Å². The molecule has 1 aliphatic carbocycles. The van der Waals surface area contributed by atoms with E-state index < -0.39 is 0 Å². The molecule has 2 aromatic rings. The Morgan fingerprint density at radius 2 is 2.37 bits per heavy atom. The number of fused-ring (bicyclic) bond motifs is 1. The number of anilines is 1. The largest absolute Gasteiger partial charge is 0.327 e. The summed E-state index contributed by atoms with van der Waals surface area (Å²) < 4.78 is 0. The number of hydrogen-bond donors (Lipinski definition) is 2. The fourth-order valence-corrected chi connectivity index (χ4v) is 3.85. The number of amides is 1. The van der Waals surface area contributed by atoms with Crippen LogP contribution in [-0.4, -0.2) is 21.9 Å². The smallest absolute Gasteiger partial charge is 0.269 e. The Hall–Kier alpha value is -1.31. The van der Waals surface area contributed by atoms with Crippen LogP contribution in [0.1, 0.15) is 31.7 Å². The molecule has 19 heavy (non-hydrogen) atoms. The molecule has 2 heterocycles. The highest BCUT2D eigenvalue weighted by Crippen LogP contribution is 2.29. The van der Waals surface area contributed by atoms with Crippen LogP contribution in [0, 0.1) is 6.92 Å². The maximum Gasteiger partial charge on any atom is 0.269 e. The van der Waals surface area contributed by atoms with Gasteiger partial charge in [0.15, 0.2) is 5.13 Å². The molecule has 7 heteroatoms. The van der Waals surface area contributed by atoms with Gasteiger partial charge in [-0.3, -0.25) is 10.1 Å². The highest BCUT2D eigenvalue weighted by molar-refractivity contribution is 7.16. The zero-order chi connectivity index (χ0) is 13.4. The molecule has 3 rings (SSSR count). The number of rotatable bonds is 2. The zero-order valence-electron chi connectivity index (χ0n) is 10.5. The van der Waals surface area contributed by atoms with Crippen molar-refractivity contribution in [3.8, 4) is 0 Å². The second-order valence-corrected chi connectivity index (χ2v) is 6.91. The number of nitrogens with two attached hydrogens (primary N) is 1. The van der Waals surface area contributed by atoms with Crippen LogP contribution in [-0.2, 0) is 12.8 Å². The molecule has 0 fully saturated rings. The maximum atomic E-state index is 12.0. The van der Waals surface area contributed by atoms with Crippen molar-refractivity contribution in [2.24, 2.45) is 5.73 Å². The second kappa shape index (κ2) is 4.99. The van der Waals surface area contributed by atoms with Crippen LogP contribution in [0.2, 0.25) is 0 Å². The number of aryl methyl sites for hydroxylation is 2. The van der Waals surface area contributed by atoms with E-state index in [1.54, 1.807) is 6.20 Å². The molecule has 3 N–H and O–H groups in total. The minimum absolute atomic E-state index is 0.138. The van der Waals surface area contributed by atoms with Gasteiger partial charge in [-0.1, -0.05) is 0 Å². The lowest BCUT2D eigenvalue weighted by Crippen LogP contribution is -2.26. The van der Waals surface area contributed by atoms with Crippen molar-refractivity contribution in [3.63, 3.8) is 0 Å². The number of carbonyl (C=O) groups excluding carboxylic acids is 1. The third-order valence-electron chi connectivity index (χ3n) is 3.04. The minimum Gasteiger partial charge on any atom is -0.327 e. The zero-order valence-corrected chi connectivity index (χ0v) is 12.1. The highest BCUT2D eigenvalue weighted by atomic mass is 32.1. The van der Waals surface area contributed by atoms with Gasteiger partial charge in [-0.2, -0.15) is 0 Å². The topological polar surface area (TPSA) is 80.9 Å². The Morgan fingerprint density at radius 1 is 1.53 bits per heavy atom. The van der Waals surface area contributed by atoms with Crippen molar-refractivity contribution in [1.29, 1.82) is 0 Å². The average molecular weight is 294 g/mol. The lowest BCUT2D eigenvalue weighted by molar-refractivity contribution is 0.103. The number of nitrogens with one attached hydrogen (secondary N) is 1. The number of nitrogens with zero attached hydrogens (tertiary/aromatic N) is 2. The summed E-state index contributed by atoms with van der Waals surface area (Å²) in [5.74, 6) is -0.138. The van der Waals surface area contributed by atoms with E-state index in [0.29, 0.717) is 10.0 Å². The molecule has 1 amide bonds. The molecule has 0 unspecified atom stereocenters. The van der Waals surface area contributed by atoms with Crippen molar-refractivity contribution in [2.45, 2.75) is 32.2 Å². The SMILES string of the molecule is Cc1ncc(C(=O)Nc2nc3c(s2)C[C@@H](N)CC3)s1. The van der Waals surface area contributed by atoms with E-state index in [1.165, 1.54) is 27.6 Å². The van der Waals surface area contributed by atoms with Gasteiger partial charge < -0.3 is 5.73 Å². The Labute approximate surface area is 118 Å². The average Bonchev–Trinajstić information content (AvgIpc) is 2.94. The summed E-state index contributed by atoms with van der Waals surface area (Å²) >= 11 is 2.91. The quantitative estimate of drug-likeness (QED) is 0.887. The van der Waals surface area contributed by atoms with Crippen molar-refractivity contribution in [3.05, 3.63) is 26.7 Å². The van der Waals surface area contributed by atoms with Crippen molar-refractivity contribution < 1.29 is 4.79 Å². The molecular formula is C12H14N4OS2. The highest BCUT2D eigenvalue weighted by Gasteiger charge is 2.21. The summed E-state index contributed by atoms with van der Waals surface area (Å²) in [6.45, 7) is 1.88. The van der Waals surface area contributed by atoms with E-state index in [0.717, 1.165) is 30.0 Å². The molecule has 1 aliphatic rings. The van der Waals surface area contributed by atoms with E-state index in [-0.39, 0.29) is 11.9 Å². The standard InChI is InChI=1S/C12H14N4OS2/c1-6-14-5-10(18-6)11(17)16-12-15-8-3-2-7(13)4-9(8)19-12/h5,7H,2-4,13H2,1H3,(H,15,16,17)/t7-/m0/s1. The van der Waals surface area contributed by atoms with Crippen LogP contribution in [0.5, 0.6) is 0 Å². The van der Waals surface area contributed by atoms with Gasteiger partial charge >= 0.3 is 0 Å². The summed E-state index contributed by atoms with van der Waals surface area (Å²) in [6.07, 6.45) is 4.34. The first kappa shape index (κ1) is 12.7. The molecular weight excluding hydrogens is 280 g/mol. The fraction of sp³-hybridized carbons (Fsp3) is 0.417. The first-order valence-electron chi connectivity index (χ1n) is 6.10. The van der Waals surface area contributed by atoms with Crippen LogP contribution in [0.4, 0.5) is 5.13 Å². The molecule has 0 spiro atoms. The third kappa shape index (κ3) is 2.68. The van der Waals surface area contributed by atoms with Gasteiger partial charge in [-0.05, 0) is 26.2 Å². The monoisotopic (exact) mass is 294 g/mol. The Bertz CT molecular complexity index is 619. The van der Waals surface area contributed by atoms with Crippen molar-refractivity contribution in [2.75, 3.05) is 5.32 Å². The van der Waals surface area contributed by atoms with Crippen LogP contribution in [0.25, 0.3) is 0 Å². The first-order chi connectivity index (χ1) is 9.11. The minimum atomic E-state index is -0.138. The molecule has 0 saturated carbocycles. The maximum absolute atomic E-state index is 12.0. The lowest BCUT2D eigenvalue weighted by Gasteiger charge is -2.15. The third-order valence-corrected chi connectivity index (χ3v) is 4.99. The van der Waals surface area contributed by atoms with E-state index in [2.05, 4.69) is 15.3 Å². The molecule has 0 aromatic carbocycles. The predicted octanol–water partition coefficient (Wildman–Crippen LogP) is 1.98. The molecule has 0 bridgehead atoms. The van der Waals surface area contributed by atoms with E-state index in [9.17, 15) is 4.79 Å². The van der Waals surface area contributed by atoms with Gasteiger partial charge in [0.1, 0.15) is 4.88 Å². The second-order valence-electron chi connectivity index (χ2n) is 4.59. The molecule has 1 atom stereocenters. The van der Waals surface area contributed by atoms with Gasteiger partial charge in [0, 0.05) is 10.9 Å². The van der Waals surface area contributed by atoms with Crippen LogP contribution < -0.4 is 11.1 Å². The number of aromatic nitrogens is 2. The van der Waals surface area contributed by atoms with E-state index in [4.69, 9.17) is 5.73 Å². The fourth-order valence-electron chi connectivity index (χ4n) is 2.08. The van der Waals surface area contributed by atoms with Gasteiger partial charge in [-0.25, -0.2) is 9.97 Å². The van der Waals surface area contributed by atoms with Gasteiger partial charge in [-0.15, -0.1) is 22.7 Å². The van der Waals surface area contributed by atoms with E-state index in [1.807, 2.05) is 6.92 Å². The molecule has 0 saturated heterocycles. The Kier molecular flexibility index (Phi) is 3.34. The summed E-state index contributed by atoms with van der Waals surface area (Å²) in [5.41, 5.74) is 7.02. The molecule has 0 radical (unpaired) electrons. The number of hydrogen-bond acceptors (Lipinski definition) is 6. The van der Waals surface area contributed by atoms with Gasteiger partial charge in [0.25, 0.3) is 5.91 Å². The van der Waals surface area contributed by atoms with Crippen LogP contribution >= 0.6 is 22.7 Å². The molecule has 100 valence electrons. The van der Waals surface area contributed by atoms with Crippen molar-refractivity contribution >= 4 is 33.7 Å². The summed E-state index contributed by atoms with van der Waals surface area (Å²) in [5, 5.41) is 4.39. The number of carbonyl (C=O) groups is 1.